The molecule has 0 fully saturated rings. The van der Waals surface area contributed by atoms with Crippen LogP contribution in [0, 0.1) is 0 Å². The third kappa shape index (κ3) is 2.31. The molecule has 0 aliphatic heterocycles. The van der Waals surface area contributed by atoms with Crippen LogP contribution in [0.2, 0.25) is 0 Å². The molecule has 7 rings (SSSR count). The minimum atomic E-state index is 1.06. The summed E-state index contributed by atoms with van der Waals surface area (Å²) >= 11 is 0. The highest BCUT2D eigenvalue weighted by atomic mass is 14.7. The molecule has 0 spiro atoms. The SMILES string of the molecule is c1ccc2c(c1)-c1ccccc1-c1c(c3ncccc3c3ccccc13)-c1ccccc1-2. The summed E-state index contributed by atoms with van der Waals surface area (Å²) in [6.45, 7) is 0. The van der Waals surface area contributed by atoms with E-state index in [1.54, 1.807) is 0 Å². The number of fused-ring (bicyclic) bond motifs is 13. The van der Waals surface area contributed by atoms with Crippen LogP contribution in [0.15, 0.2) is 115 Å². The van der Waals surface area contributed by atoms with Crippen molar-refractivity contribution in [3.63, 3.8) is 0 Å². The molecule has 148 valence electrons. The first-order valence-corrected chi connectivity index (χ1v) is 11.0. The van der Waals surface area contributed by atoms with Crippen LogP contribution in [0.4, 0.5) is 0 Å². The largest absolute Gasteiger partial charge is 0.256 e. The first kappa shape index (κ1) is 17.5. The Morgan fingerprint density at radius 3 is 1.41 bits per heavy atom. The number of aromatic nitrogens is 1. The van der Waals surface area contributed by atoms with Crippen LogP contribution in [-0.4, -0.2) is 4.98 Å². The van der Waals surface area contributed by atoms with Gasteiger partial charge >= 0.3 is 0 Å². The van der Waals surface area contributed by atoms with Crippen molar-refractivity contribution in [2.45, 2.75) is 0 Å². The van der Waals surface area contributed by atoms with E-state index in [1.165, 1.54) is 60.7 Å². The van der Waals surface area contributed by atoms with Crippen molar-refractivity contribution in [1.82, 2.24) is 4.98 Å². The molecular formula is C31H19N. The maximum Gasteiger partial charge on any atom is 0.0793 e. The third-order valence-electron chi connectivity index (χ3n) is 6.68. The lowest BCUT2D eigenvalue weighted by Crippen LogP contribution is -1.99. The zero-order chi connectivity index (χ0) is 21.1. The molecule has 0 saturated carbocycles. The van der Waals surface area contributed by atoms with Crippen LogP contribution in [0.5, 0.6) is 0 Å². The predicted molar refractivity (Wildman–Crippen MR) is 135 cm³/mol. The van der Waals surface area contributed by atoms with E-state index < -0.39 is 0 Å². The summed E-state index contributed by atoms with van der Waals surface area (Å²) in [4.78, 5) is 4.94. The quantitative estimate of drug-likeness (QED) is 0.231. The van der Waals surface area contributed by atoms with Gasteiger partial charge in [-0.05, 0) is 50.2 Å². The number of hydrogen-bond acceptors (Lipinski definition) is 1. The average molecular weight is 406 g/mol. The summed E-state index contributed by atoms with van der Waals surface area (Å²) in [5, 5.41) is 3.71. The summed E-state index contributed by atoms with van der Waals surface area (Å²) in [6.07, 6.45) is 1.92. The third-order valence-corrected chi connectivity index (χ3v) is 6.68. The molecule has 6 aromatic rings. The van der Waals surface area contributed by atoms with Crippen LogP contribution in [-0.2, 0) is 0 Å². The van der Waals surface area contributed by atoms with E-state index in [0.29, 0.717) is 0 Å². The van der Waals surface area contributed by atoms with Gasteiger partial charge in [0.05, 0.1) is 5.52 Å². The van der Waals surface area contributed by atoms with Gasteiger partial charge in [-0.15, -0.1) is 0 Å². The van der Waals surface area contributed by atoms with Crippen molar-refractivity contribution < 1.29 is 0 Å². The standard InChI is InChI=1S/C31H19N/c1-2-11-21-20(10-1)22-12-3-6-15-25(22)29-26-16-7-5-14-24(26)28-18-9-19-32-31(28)30(29)27-17-8-4-13-23(21)27/h1-19H. The van der Waals surface area contributed by atoms with Gasteiger partial charge in [0.1, 0.15) is 0 Å². The second kappa shape index (κ2) is 6.63. The Balaban J connectivity index is 1.83. The van der Waals surface area contributed by atoms with Gasteiger partial charge in [-0.2, -0.15) is 0 Å². The summed E-state index contributed by atoms with van der Waals surface area (Å²) in [5.41, 5.74) is 11.1. The van der Waals surface area contributed by atoms with Crippen molar-refractivity contribution in [1.29, 1.82) is 0 Å². The maximum atomic E-state index is 4.94. The molecule has 1 aliphatic rings. The molecule has 1 aliphatic carbocycles. The van der Waals surface area contributed by atoms with Crippen molar-refractivity contribution in [3.05, 3.63) is 115 Å². The zero-order valence-corrected chi connectivity index (χ0v) is 17.4. The van der Waals surface area contributed by atoms with E-state index in [0.717, 1.165) is 5.52 Å². The van der Waals surface area contributed by atoms with E-state index in [9.17, 15) is 0 Å². The Morgan fingerprint density at radius 2 is 0.781 bits per heavy atom. The molecule has 0 amide bonds. The van der Waals surface area contributed by atoms with E-state index in [4.69, 9.17) is 4.98 Å². The Bertz CT molecular complexity index is 1550. The molecule has 0 bridgehead atoms. The molecule has 0 N–H and O–H groups in total. The molecule has 1 heterocycles. The van der Waals surface area contributed by atoms with Crippen LogP contribution in [0.3, 0.4) is 0 Å². The Labute approximate surface area is 186 Å². The minimum Gasteiger partial charge on any atom is -0.256 e. The van der Waals surface area contributed by atoms with Gasteiger partial charge in [0.25, 0.3) is 0 Å². The van der Waals surface area contributed by atoms with Gasteiger partial charge in [0, 0.05) is 22.7 Å². The number of rotatable bonds is 0. The maximum absolute atomic E-state index is 4.94. The molecule has 0 saturated heterocycles. The van der Waals surface area contributed by atoms with Crippen LogP contribution >= 0.6 is 0 Å². The van der Waals surface area contributed by atoms with E-state index in [2.05, 4.69) is 103 Å². The van der Waals surface area contributed by atoms with Crippen molar-refractivity contribution in [2.75, 3.05) is 0 Å². The van der Waals surface area contributed by atoms with Gasteiger partial charge in [-0.25, -0.2) is 0 Å². The second-order valence-electron chi connectivity index (χ2n) is 8.33. The average Bonchev–Trinajstić information content (AvgIpc) is 2.87. The molecule has 1 heteroatoms. The fourth-order valence-corrected chi connectivity index (χ4v) is 5.38. The molecule has 0 atom stereocenters. The first-order chi connectivity index (χ1) is 15.9. The minimum absolute atomic E-state index is 1.06. The number of nitrogens with zero attached hydrogens (tertiary/aromatic N) is 1. The van der Waals surface area contributed by atoms with Gasteiger partial charge in [-0.3, -0.25) is 4.98 Å². The lowest BCUT2D eigenvalue weighted by atomic mass is 9.78. The molecular weight excluding hydrogens is 386 g/mol. The summed E-state index contributed by atoms with van der Waals surface area (Å²) < 4.78 is 0. The highest BCUT2D eigenvalue weighted by Crippen LogP contribution is 2.51. The Morgan fingerprint density at radius 1 is 0.344 bits per heavy atom. The van der Waals surface area contributed by atoms with Crippen LogP contribution in [0.1, 0.15) is 0 Å². The summed E-state index contributed by atoms with van der Waals surface area (Å²) in [6, 6.07) is 39.3. The van der Waals surface area contributed by atoms with E-state index in [-0.39, 0.29) is 0 Å². The monoisotopic (exact) mass is 405 g/mol. The van der Waals surface area contributed by atoms with Crippen LogP contribution < -0.4 is 0 Å². The molecule has 0 unspecified atom stereocenters. The normalized spacial score (nSPS) is 11.8. The topological polar surface area (TPSA) is 12.9 Å². The summed E-state index contributed by atoms with van der Waals surface area (Å²) in [7, 11) is 0. The van der Waals surface area contributed by atoms with E-state index >= 15 is 0 Å². The predicted octanol–water partition coefficient (Wildman–Crippen LogP) is 8.37. The fraction of sp³-hybridized carbons (Fsp3) is 0. The van der Waals surface area contributed by atoms with Crippen LogP contribution in [0.25, 0.3) is 66.2 Å². The number of hydrogen-bond donors (Lipinski definition) is 0. The Kier molecular flexibility index (Phi) is 3.62. The highest BCUT2D eigenvalue weighted by molar-refractivity contribution is 6.23. The van der Waals surface area contributed by atoms with Crippen molar-refractivity contribution in [2.24, 2.45) is 0 Å². The van der Waals surface area contributed by atoms with Crippen molar-refractivity contribution in [3.8, 4) is 44.5 Å². The lowest BCUT2D eigenvalue weighted by molar-refractivity contribution is 1.41. The van der Waals surface area contributed by atoms with E-state index in [1.807, 2.05) is 12.3 Å². The number of pyridine rings is 1. The van der Waals surface area contributed by atoms with Gasteiger partial charge in [0.15, 0.2) is 0 Å². The van der Waals surface area contributed by atoms with Crippen molar-refractivity contribution >= 4 is 21.7 Å². The molecule has 0 radical (unpaired) electrons. The number of benzene rings is 5. The molecule has 5 aromatic carbocycles. The highest BCUT2D eigenvalue weighted by Gasteiger charge is 2.25. The summed E-state index contributed by atoms with van der Waals surface area (Å²) in [5.74, 6) is 0. The molecule has 32 heavy (non-hydrogen) atoms. The lowest BCUT2D eigenvalue weighted by Gasteiger charge is -2.25. The second-order valence-corrected chi connectivity index (χ2v) is 8.33. The first-order valence-electron chi connectivity index (χ1n) is 11.0. The molecule has 1 nitrogen and oxygen atoms in total. The fourth-order valence-electron chi connectivity index (χ4n) is 5.38. The van der Waals surface area contributed by atoms with Gasteiger partial charge in [-0.1, -0.05) is 103 Å². The molecule has 1 aromatic heterocycles. The zero-order valence-electron chi connectivity index (χ0n) is 17.4. The van der Waals surface area contributed by atoms with Gasteiger partial charge < -0.3 is 0 Å². The van der Waals surface area contributed by atoms with Gasteiger partial charge in [0.2, 0.25) is 0 Å². The Hall–Kier alpha value is -4.23. The smallest absolute Gasteiger partial charge is 0.0793 e.